The molecule has 21 heavy (non-hydrogen) atoms. The summed E-state index contributed by atoms with van der Waals surface area (Å²) in [5.74, 6) is 0. The highest BCUT2D eigenvalue weighted by Crippen LogP contribution is 2.30. The zero-order valence-corrected chi connectivity index (χ0v) is 11.6. The number of benzene rings is 4. The molecule has 100 valence electrons. The van der Waals surface area contributed by atoms with Gasteiger partial charge in [0, 0.05) is 5.69 Å². The highest BCUT2D eigenvalue weighted by Gasteiger charge is 2.03. The minimum atomic E-state index is 0.797. The largest absolute Gasteiger partial charge is 0.399 e. The lowest BCUT2D eigenvalue weighted by Gasteiger charge is -2.07. The van der Waals surface area contributed by atoms with Crippen molar-refractivity contribution in [1.29, 1.82) is 0 Å². The summed E-state index contributed by atoms with van der Waals surface area (Å²) in [6, 6.07) is 27.5. The topological polar surface area (TPSA) is 26.0 Å². The first-order valence-corrected chi connectivity index (χ1v) is 7.09. The predicted molar refractivity (Wildman–Crippen MR) is 91.3 cm³/mol. The molecule has 1 nitrogen and oxygen atoms in total. The second-order valence-electron chi connectivity index (χ2n) is 5.35. The van der Waals surface area contributed by atoms with Gasteiger partial charge in [-0.3, -0.25) is 0 Å². The third kappa shape index (κ3) is 2.03. The van der Waals surface area contributed by atoms with E-state index in [0.29, 0.717) is 0 Å². The second-order valence-corrected chi connectivity index (χ2v) is 5.35. The van der Waals surface area contributed by atoms with Crippen LogP contribution < -0.4 is 5.73 Å². The Labute approximate surface area is 123 Å². The van der Waals surface area contributed by atoms with Crippen molar-refractivity contribution in [2.45, 2.75) is 0 Å². The van der Waals surface area contributed by atoms with Crippen LogP contribution in [-0.4, -0.2) is 0 Å². The molecule has 0 heterocycles. The highest BCUT2D eigenvalue weighted by atomic mass is 14.5. The van der Waals surface area contributed by atoms with E-state index in [1.807, 2.05) is 18.2 Å². The molecule has 0 aromatic heterocycles. The molecule has 0 saturated heterocycles. The van der Waals surface area contributed by atoms with Crippen molar-refractivity contribution in [2.75, 3.05) is 5.73 Å². The van der Waals surface area contributed by atoms with E-state index < -0.39 is 0 Å². The molecule has 0 aliphatic rings. The summed E-state index contributed by atoms with van der Waals surface area (Å²) < 4.78 is 0. The predicted octanol–water partition coefficient (Wildman–Crippen LogP) is 5.24. The van der Waals surface area contributed by atoms with E-state index in [9.17, 15) is 0 Å². The van der Waals surface area contributed by atoms with Gasteiger partial charge < -0.3 is 5.73 Å². The van der Waals surface area contributed by atoms with E-state index in [4.69, 9.17) is 5.73 Å². The lowest BCUT2D eigenvalue weighted by molar-refractivity contribution is 1.64. The van der Waals surface area contributed by atoms with E-state index in [-0.39, 0.29) is 0 Å². The van der Waals surface area contributed by atoms with E-state index in [1.165, 1.54) is 27.1 Å². The van der Waals surface area contributed by atoms with Gasteiger partial charge in [-0.05, 0) is 50.9 Å². The van der Waals surface area contributed by atoms with Gasteiger partial charge in [0.15, 0.2) is 0 Å². The third-order valence-corrected chi connectivity index (χ3v) is 3.96. The Morgan fingerprint density at radius 3 is 2.19 bits per heavy atom. The Balaban J connectivity index is 1.97. The number of nitrogen functional groups attached to an aromatic ring is 1. The van der Waals surface area contributed by atoms with E-state index >= 15 is 0 Å². The fourth-order valence-electron chi connectivity index (χ4n) is 2.91. The summed E-state index contributed by atoms with van der Waals surface area (Å²) in [4.78, 5) is 0. The average molecular weight is 269 g/mol. The molecule has 0 aliphatic carbocycles. The van der Waals surface area contributed by atoms with Crippen LogP contribution in [0.2, 0.25) is 0 Å². The van der Waals surface area contributed by atoms with Crippen LogP contribution in [0.3, 0.4) is 0 Å². The molecule has 0 spiro atoms. The number of fused-ring (bicyclic) bond motifs is 3. The Morgan fingerprint density at radius 2 is 1.29 bits per heavy atom. The molecule has 4 aromatic rings. The number of nitrogens with two attached hydrogens (primary N) is 1. The molecule has 0 fully saturated rings. The highest BCUT2D eigenvalue weighted by molar-refractivity contribution is 6.08. The standard InChI is InChI=1S/C20H15N/c21-18-6-3-5-15(13-18)16-10-11-20-17(12-16)9-8-14-4-1-2-7-19(14)20/h1-13H,21H2. The maximum Gasteiger partial charge on any atom is 0.0320 e. The first kappa shape index (κ1) is 12.0. The number of hydrogen-bond acceptors (Lipinski definition) is 1. The summed E-state index contributed by atoms with van der Waals surface area (Å²) in [6.07, 6.45) is 0. The number of anilines is 1. The Bertz CT molecular complexity index is 954. The molecular formula is C20H15N. The molecule has 1 heteroatoms. The Morgan fingerprint density at radius 1 is 0.524 bits per heavy atom. The van der Waals surface area contributed by atoms with Gasteiger partial charge in [0.2, 0.25) is 0 Å². The van der Waals surface area contributed by atoms with Gasteiger partial charge in [0.25, 0.3) is 0 Å². The molecular weight excluding hydrogens is 254 g/mol. The van der Waals surface area contributed by atoms with E-state index in [0.717, 1.165) is 11.3 Å². The lowest BCUT2D eigenvalue weighted by atomic mass is 9.97. The molecule has 0 amide bonds. The zero-order chi connectivity index (χ0) is 14.2. The summed E-state index contributed by atoms with van der Waals surface area (Å²) >= 11 is 0. The van der Waals surface area contributed by atoms with Gasteiger partial charge >= 0.3 is 0 Å². The van der Waals surface area contributed by atoms with Crippen LogP contribution >= 0.6 is 0 Å². The van der Waals surface area contributed by atoms with Crippen molar-refractivity contribution < 1.29 is 0 Å². The minimum Gasteiger partial charge on any atom is -0.399 e. The fourth-order valence-corrected chi connectivity index (χ4v) is 2.91. The summed E-state index contributed by atoms with van der Waals surface area (Å²) in [5.41, 5.74) is 9.04. The lowest BCUT2D eigenvalue weighted by Crippen LogP contribution is -1.85. The number of rotatable bonds is 1. The van der Waals surface area contributed by atoms with Crippen LogP contribution in [0.25, 0.3) is 32.7 Å². The van der Waals surface area contributed by atoms with Crippen LogP contribution in [0.5, 0.6) is 0 Å². The van der Waals surface area contributed by atoms with Crippen LogP contribution in [-0.2, 0) is 0 Å². The summed E-state index contributed by atoms with van der Waals surface area (Å²) in [5, 5.41) is 5.13. The van der Waals surface area contributed by atoms with Crippen LogP contribution in [0, 0.1) is 0 Å². The average Bonchev–Trinajstić information content (AvgIpc) is 2.54. The van der Waals surface area contributed by atoms with Crippen LogP contribution in [0.4, 0.5) is 5.69 Å². The van der Waals surface area contributed by atoms with Crippen molar-refractivity contribution in [2.24, 2.45) is 0 Å². The van der Waals surface area contributed by atoms with Crippen molar-refractivity contribution in [3.63, 3.8) is 0 Å². The second kappa shape index (κ2) is 4.64. The molecule has 4 aromatic carbocycles. The van der Waals surface area contributed by atoms with Gasteiger partial charge in [-0.2, -0.15) is 0 Å². The quantitative estimate of drug-likeness (QED) is 0.371. The first-order valence-electron chi connectivity index (χ1n) is 7.09. The zero-order valence-electron chi connectivity index (χ0n) is 11.6. The van der Waals surface area contributed by atoms with Crippen LogP contribution in [0.1, 0.15) is 0 Å². The molecule has 4 rings (SSSR count). The summed E-state index contributed by atoms with van der Waals surface area (Å²) in [6.45, 7) is 0. The first-order chi connectivity index (χ1) is 10.3. The van der Waals surface area contributed by atoms with E-state index in [1.54, 1.807) is 0 Å². The fraction of sp³-hybridized carbons (Fsp3) is 0. The monoisotopic (exact) mass is 269 g/mol. The maximum absolute atomic E-state index is 5.88. The van der Waals surface area contributed by atoms with Gasteiger partial charge in [-0.25, -0.2) is 0 Å². The van der Waals surface area contributed by atoms with Gasteiger partial charge in [-0.1, -0.05) is 60.7 Å². The maximum atomic E-state index is 5.88. The smallest absolute Gasteiger partial charge is 0.0320 e. The van der Waals surface area contributed by atoms with Crippen molar-refractivity contribution >= 4 is 27.2 Å². The van der Waals surface area contributed by atoms with Crippen LogP contribution in [0.15, 0.2) is 78.9 Å². The normalized spacial score (nSPS) is 11.0. The van der Waals surface area contributed by atoms with Gasteiger partial charge in [0.1, 0.15) is 0 Å². The minimum absolute atomic E-state index is 0.797. The molecule has 0 radical (unpaired) electrons. The van der Waals surface area contributed by atoms with Crippen molar-refractivity contribution in [1.82, 2.24) is 0 Å². The Kier molecular flexibility index (Phi) is 2.65. The molecule has 2 N–H and O–H groups in total. The SMILES string of the molecule is Nc1cccc(-c2ccc3c(ccc4ccccc43)c2)c1. The molecule has 0 saturated carbocycles. The van der Waals surface area contributed by atoms with Crippen molar-refractivity contribution in [3.05, 3.63) is 78.9 Å². The van der Waals surface area contributed by atoms with Gasteiger partial charge in [-0.15, -0.1) is 0 Å². The third-order valence-electron chi connectivity index (χ3n) is 3.96. The molecule has 0 atom stereocenters. The number of hydrogen-bond donors (Lipinski definition) is 1. The van der Waals surface area contributed by atoms with E-state index in [2.05, 4.69) is 60.7 Å². The molecule has 0 aliphatic heterocycles. The Hall–Kier alpha value is -2.80. The molecule has 0 bridgehead atoms. The van der Waals surface area contributed by atoms with Gasteiger partial charge in [0.05, 0.1) is 0 Å². The summed E-state index contributed by atoms with van der Waals surface area (Å²) in [7, 11) is 0. The van der Waals surface area contributed by atoms with Crippen molar-refractivity contribution in [3.8, 4) is 11.1 Å². The molecule has 0 unspecified atom stereocenters.